The average Bonchev–Trinajstić information content (AvgIpc) is 3.87. The van der Waals surface area contributed by atoms with Gasteiger partial charge in [0.05, 0.1) is 46.7 Å². The molecule has 3 heterocycles. The van der Waals surface area contributed by atoms with Crippen molar-refractivity contribution in [3.05, 3.63) is 146 Å². The Morgan fingerprint density at radius 1 is 0.883 bits per heavy atom. The van der Waals surface area contributed by atoms with Crippen molar-refractivity contribution in [3.8, 4) is 23.0 Å². The molecule has 2 N–H and O–H groups in total. The number of aromatic nitrogens is 1. The van der Waals surface area contributed by atoms with Gasteiger partial charge >= 0.3 is 0 Å². The lowest BCUT2D eigenvalue weighted by Crippen LogP contribution is -2.53. The zero-order valence-corrected chi connectivity index (χ0v) is 34.7. The fourth-order valence-corrected chi connectivity index (χ4v) is 10.8. The molecule has 0 radical (unpaired) electrons. The number of oxazole rings is 1. The number of carbonyl (C=O) groups excluding carboxylic acids is 4. The first-order chi connectivity index (χ1) is 29.0. The minimum absolute atomic E-state index is 0.0604. The Hall–Kier alpha value is -5.95. The van der Waals surface area contributed by atoms with E-state index >= 15 is 9.59 Å². The molecule has 1 aromatic heterocycles. The number of nitrogens with zero attached hydrogens (tertiary/aromatic N) is 3. The summed E-state index contributed by atoms with van der Waals surface area (Å²) in [5.74, 6) is -5.26. The standard InChI is InChI=1S/C46H33BrCl2N4O7/c1-59-28-14-8-24(9-15-28)46-33(43(56)53(45(46)58)51-35-18-11-26(48)21-34(35)49)22-31-29(40(46)32-20-25(47)10-19-37(32)54)16-17-30-39(31)44(57)52(42(30)55)27-12-6-23(7-13-27)41-50-36-4-2-3-5-38(36)60-41/h2-16,18-21,30-31,33,39-40,51,54H,17,22H2,1H3/t30-,31+,33-,39-,40+,46+/m0/s1. The number of amides is 4. The molecule has 0 bridgehead atoms. The summed E-state index contributed by atoms with van der Waals surface area (Å²) in [6, 6.07) is 31.0. The van der Waals surface area contributed by atoms with Crippen LogP contribution in [0.2, 0.25) is 10.0 Å². The van der Waals surface area contributed by atoms with Crippen LogP contribution in [0.25, 0.3) is 22.6 Å². The average molecular weight is 905 g/mol. The maximum Gasteiger partial charge on any atom is 0.260 e. The second kappa shape index (κ2) is 14.4. The van der Waals surface area contributed by atoms with Gasteiger partial charge in [-0.05, 0) is 109 Å². The Labute approximate surface area is 361 Å². The topological polar surface area (TPSA) is 142 Å². The van der Waals surface area contributed by atoms with Gasteiger partial charge < -0.3 is 14.3 Å². The van der Waals surface area contributed by atoms with E-state index in [1.54, 1.807) is 72.8 Å². The second-order valence-electron chi connectivity index (χ2n) is 15.5. The number of benzene rings is 5. The van der Waals surface area contributed by atoms with E-state index in [1.165, 1.54) is 24.1 Å². The lowest BCUT2D eigenvalue weighted by atomic mass is 9.49. The molecule has 1 saturated carbocycles. The SMILES string of the molecule is COc1ccc([C@@]23C(=O)N(Nc4ccc(Cl)cc4Cl)C(=O)[C@@H]2C[C@@H]2C(=CC[C@@H]4C(=O)N(c5ccc(-c6nc7ccccc7o6)cc5)C(=O)[C@@H]42)[C@@H]3c2cc(Br)ccc2O)cc1. The smallest absolute Gasteiger partial charge is 0.260 e. The van der Waals surface area contributed by atoms with Gasteiger partial charge in [-0.2, -0.15) is 5.01 Å². The Morgan fingerprint density at radius 2 is 1.65 bits per heavy atom. The molecule has 60 heavy (non-hydrogen) atoms. The highest BCUT2D eigenvalue weighted by atomic mass is 79.9. The van der Waals surface area contributed by atoms with Gasteiger partial charge in [0, 0.05) is 26.5 Å². The Morgan fingerprint density at radius 3 is 2.38 bits per heavy atom. The summed E-state index contributed by atoms with van der Waals surface area (Å²) < 4.78 is 12.1. The van der Waals surface area contributed by atoms with E-state index in [4.69, 9.17) is 32.4 Å². The number of rotatable bonds is 7. The van der Waals surface area contributed by atoms with E-state index in [-0.39, 0.29) is 35.2 Å². The van der Waals surface area contributed by atoms with Crippen molar-refractivity contribution in [3.63, 3.8) is 0 Å². The van der Waals surface area contributed by atoms with Crippen LogP contribution in [0.15, 0.2) is 130 Å². The highest BCUT2D eigenvalue weighted by Crippen LogP contribution is 2.65. The monoisotopic (exact) mass is 902 g/mol. The molecule has 0 spiro atoms. The Kier molecular flexibility index (Phi) is 9.16. The van der Waals surface area contributed by atoms with E-state index in [2.05, 4.69) is 26.3 Å². The fraction of sp³-hybridized carbons (Fsp3) is 0.196. The second-order valence-corrected chi connectivity index (χ2v) is 17.2. The zero-order valence-electron chi connectivity index (χ0n) is 31.6. The van der Waals surface area contributed by atoms with Gasteiger partial charge in [-0.15, -0.1) is 0 Å². The molecule has 4 amide bonds. The van der Waals surface area contributed by atoms with Crippen LogP contribution in [0.3, 0.4) is 0 Å². The maximum absolute atomic E-state index is 15.5. The number of carbonyl (C=O) groups is 4. The van der Waals surface area contributed by atoms with E-state index < -0.39 is 52.7 Å². The third-order valence-corrected chi connectivity index (χ3v) is 13.6. The predicted molar refractivity (Wildman–Crippen MR) is 228 cm³/mol. The highest BCUT2D eigenvalue weighted by molar-refractivity contribution is 9.10. The molecule has 6 aromatic rings. The number of para-hydroxylation sites is 2. The number of aromatic hydroxyl groups is 1. The molecule has 14 heteroatoms. The van der Waals surface area contributed by atoms with Crippen molar-refractivity contribution in [2.75, 3.05) is 17.4 Å². The number of ether oxygens (including phenoxy) is 1. The third-order valence-electron chi connectivity index (χ3n) is 12.5. The minimum atomic E-state index is -1.63. The van der Waals surface area contributed by atoms with Crippen LogP contribution in [0, 0.1) is 23.7 Å². The summed E-state index contributed by atoms with van der Waals surface area (Å²) in [7, 11) is 1.54. The molecule has 2 aliphatic carbocycles. The molecule has 2 aliphatic heterocycles. The summed E-state index contributed by atoms with van der Waals surface area (Å²) in [6.07, 6.45) is 2.20. The normalized spacial score (nSPS) is 24.7. The number of hydrogen-bond acceptors (Lipinski definition) is 9. The van der Waals surface area contributed by atoms with Crippen molar-refractivity contribution in [2.24, 2.45) is 23.7 Å². The maximum atomic E-state index is 15.5. The molecular weight excluding hydrogens is 871 g/mol. The zero-order chi connectivity index (χ0) is 41.6. The quantitative estimate of drug-likeness (QED) is 0.118. The highest BCUT2D eigenvalue weighted by Gasteiger charge is 2.70. The number of phenolic OH excluding ortho intramolecular Hbond substituents is 1. The van der Waals surface area contributed by atoms with Gasteiger partial charge in [-0.3, -0.25) is 29.5 Å². The van der Waals surface area contributed by atoms with Gasteiger partial charge in [-0.25, -0.2) is 4.98 Å². The minimum Gasteiger partial charge on any atom is -0.508 e. The summed E-state index contributed by atoms with van der Waals surface area (Å²) in [4.78, 5) is 65.6. The first-order valence-electron chi connectivity index (χ1n) is 19.3. The predicted octanol–water partition coefficient (Wildman–Crippen LogP) is 9.47. The van der Waals surface area contributed by atoms with E-state index in [9.17, 15) is 14.7 Å². The summed E-state index contributed by atoms with van der Waals surface area (Å²) >= 11 is 16.4. The first kappa shape index (κ1) is 38.3. The molecule has 6 atom stereocenters. The number of fused-ring (bicyclic) bond motifs is 5. The number of phenols is 1. The van der Waals surface area contributed by atoms with Crippen LogP contribution in [-0.2, 0) is 24.6 Å². The van der Waals surface area contributed by atoms with Crippen LogP contribution < -0.4 is 15.1 Å². The van der Waals surface area contributed by atoms with Crippen LogP contribution in [0.5, 0.6) is 11.5 Å². The van der Waals surface area contributed by atoms with Crippen molar-refractivity contribution < 1.29 is 33.4 Å². The number of allylic oxidation sites excluding steroid dienone is 2. The van der Waals surface area contributed by atoms with Gasteiger partial charge in [0.2, 0.25) is 17.7 Å². The van der Waals surface area contributed by atoms with Gasteiger partial charge in [0.15, 0.2) is 5.58 Å². The molecule has 4 aliphatic rings. The Bertz CT molecular complexity index is 2800. The van der Waals surface area contributed by atoms with Crippen molar-refractivity contribution in [1.82, 2.24) is 9.99 Å². The van der Waals surface area contributed by atoms with Crippen LogP contribution in [0.4, 0.5) is 11.4 Å². The van der Waals surface area contributed by atoms with Gasteiger partial charge in [0.1, 0.15) is 17.0 Å². The van der Waals surface area contributed by atoms with Crippen molar-refractivity contribution >= 4 is 85.2 Å². The van der Waals surface area contributed by atoms with Gasteiger partial charge in [-0.1, -0.05) is 75.0 Å². The number of hydrazine groups is 1. The molecule has 3 fully saturated rings. The summed E-state index contributed by atoms with van der Waals surface area (Å²) in [5, 5.41) is 13.3. The first-order valence-corrected chi connectivity index (χ1v) is 20.8. The molecule has 300 valence electrons. The number of nitrogens with one attached hydrogen (secondary N) is 1. The van der Waals surface area contributed by atoms with E-state index in [0.29, 0.717) is 60.2 Å². The number of hydrogen-bond donors (Lipinski definition) is 2. The van der Waals surface area contributed by atoms with Crippen molar-refractivity contribution in [1.29, 1.82) is 0 Å². The molecular formula is C46H33BrCl2N4O7. The third kappa shape index (κ3) is 5.72. The molecule has 2 saturated heterocycles. The largest absolute Gasteiger partial charge is 0.508 e. The summed E-state index contributed by atoms with van der Waals surface area (Å²) in [6.45, 7) is 0. The molecule has 10 rings (SSSR count). The van der Waals surface area contributed by atoms with Crippen molar-refractivity contribution in [2.45, 2.75) is 24.2 Å². The van der Waals surface area contributed by atoms with E-state index in [1.807, 2.05) is 30.3 Å². The fourth-order valence-electron chi connectivity index (χ4n) is 9.95. The molecule has 5 aromatic carbocycles. The lowest BCUT2D eigenvalue weighted by molar-refractivity contribution is -0.138. The number of halogens is 3. The van der Waals surface area contributed by atoms with Crippen LogP contribution in [-0.4, -0.2) is 45.8 Å². The number of methoxy groups -OCH3 is 1. The molecule has 0 unspecified atom stereocenters. The molecule has 11 nitrogen and oxygen atoms in total. The lowest BCUT2D eigenvalue weighted by Gasteiger charge is -2.50. The number of anilines is 2. The van der Waals surface area contributed by atoms with Gasteiger partial charge in [0.25, 0.3) is 11.8 Å². The van der Waals surface area contributed by atoms with Crippen LogP contribution >= 0.6 is 39.1 Å². The summed E-state index contributed by atoms with van der Waals surface area (Å²) in [5.41, 5.74) is 5.65. The van der Waals surface area contributed by atoms with E-state index in [0.717, 1.165) is 5.01 Å². The Balaban J connectivity index is 1.09. The number of imide groups is 2. The van der Waals surface area contributed by atoms with Crippen LogP contribution in [0.1, 0.15) is 29.9 Å².